The number of hydrogen-bond acceptors (Lipinski definition) is 3. The molecule has 0 unspecified atom stereocenters. The molecule has 0 amide bonds. The molecular weight excluding hydrogens is 200 g/mol. The van der Waals surface area contributed by atoms with E-state index >= 15 is 0 Å². The van der Waals surface area contributed by atoms with Crippen LogP contribution in [0.25, 0.3) is 0 Å². The average molecular weight is 213 g/mol. The van der Waals surface area contributed by atoms with E-state index in [-0.39, 0.29) is 5.82 Å². The lowest BCUT2D eigenvalue weighted by Crippen LogP contribution is -2.49. The van der Waals surface area contributed by atoms with Crippen LogP contribution in [0.5, 0.6) is 0 Å². The molecule has 1 aliphatic rings. The first-order chi connectivity index (χ1) is 7.22. The summed E-state index contributed by atoms with van der Waals surface area (Å²) in [5, 5.41) is 2.88. The lowest BCUT2D eigenvalue weighted by Gasteiger charge is -2.36. The largest absolute Gasteiger partial charge is 0.350 e. The lowest BCUT2D eigenvalue weighted by atomic mass is 10.1. The Hall–Kier alpha value is -1.23. The molecule has 2 rings (SSSR count). The molecule has 1 aromatic heterocycles. The topological polar surface area (TPSA) is 28.2 Å². The third-order valence-corrected chi connectivity index (χ3v) is 2.47. The molecule has 2 heterocycles. The number of aromatic nitrogens is 1. The molecular formula is C10H13F2N3. The minimum Gasteiger partial charge on any atom is -0.350 e. The summed E-state index contributed by atoms with van der Waals surface area (Å²) >= 11 is 0. The summed E-state index contributed by atoms with van der Waals surface area (Å²) in [4.78, 5) is 5.84. The molecule has 15 heavy (non-hydrogen) atoms. The highest BCUT2D eigenvalue weighted by atomic mass is 19.1. The van der Waals surface area contributed by atoms with Gasteiger partial charge in [-0.15, -0.1) is 0 Å². The molecule has 0 aromatic carbocycles. The second-order valence-electron chi connectivity index (χ2n) is 3.63. The summed E-state index contributed by atoms with van der Waals surface area (Å²) in [6, 6.07) is 1.32. The number of nitrogens with one attached hydrogen (secondary N) is 1. The quantitative estimate of drug-likeness (QED) is 0.815. The van der Waals surface area contributed by atoms with Crippen molar-refractivity contribution in [1.82, 2.24) is 10.3 Å². The van der Waals surface area contributed by atoms with Crippen molar-refractivity contribution in [3.05, 3.63) is 23.6 Å². The van der Waals surface area contributed by atoms with Crippen LogP contribution in [0.4, 0.5) is 14.6 Å². The average Bonchev–Trinajstić information content (AvgIpc) is 2.17. The zero-order valence-electron chi connectivity index (χ0n) is 8.50. The summed E-state index contributed by atoms with van der Waals surface area (Å²) in [5.74, 6) is 0.259. The van der Waals surface area contributed by atoms with Gasteiger partial charge in [-0.05, 0) is 13.1 Å². The van der Waals surface area contributed by atoms with E-state index in [1.807, 2.05) is 0 Å². The van der Waals surface area contributed by atoms with E-state index in [2.05, 4.69) is 10.3 Å². The molecule has 0 radical (unpaired) electrons. The molecule has 0 saturated carbocycles. The van der Waals surface area contributed by atoms with Gasteiger partial charge in [0.25, 0.3) is 0 Å². The van der Waals surface area contributed by atoms with Crippen molar-refractivity contribution in [2.75, 3.05) is 25.0 Å². The van der Waals surface area contributed by atoms with Gasteiger partial charge in [0.2, 0.25) is 0 Å². The predicted molar refractivity (Wildman–Crippen MR) is 54.1 cm³/mol. The van der Waals surface area contributed by atoms with Gasteiger partial charge in [-0.3, -0.25) is 0 Å². The SMILES string of the molecule is CNCc1c(F)ccnc1N1CC(F)C1. The Balaban J connectivity index is 2.25. The van der Waals surface area contributed by atoms with Crippen molar-refractivity contribution in [2.45, 2.75) is 12.7 Å². The number of alkyl halides is 1. The monoisotopic (exact) mass is 213 g/mol. The zero-order chi connectivity index (χ0) is 10.8. The summed E-state index contributed by atoms with van der Waals surface area (Å²) in [6.45, 7) is 1.03. The standard InChI is InChI=1S/C10H13F2N3/c1-13-4-8-9(12)2-3-14-10(8)15-5-7(11)6-15/h2-3,7,13H,4-6H2,1H3. The summed E-state index contributed by atoms with van der Waals surface area (Å²) in [6.07, 6.45) is 0.604. The molecule has 0 bridgehead atoms. The zero-order valence-corrected chi connectivity index (χ0v) is 8.50. The van der Waals surface area contributed by atoms with Gasteiger partial charge < -0.3 is 10.2 Å². The van der Waals surface area contributed by atoms with Crippen LogP contribution in [0.15, 0.2) is 12.3 Å². The Morgan fingerprint density at radius 1 is 1.60 bits per heavy atom. The third kappa shape index (κ3) is 1.92. The molecule has 0 spiro atoms. The maximum atomic E-state index is 13.5. The highest BCUT2D eigenvalue weighted by Crippen LogP contribution is 2.25. The van der Waals surface area contributed by atoms with Crippen LogP contribution in [-0.2, 0) is 6.54 Å². The second-order valence-corrected chi connectivity index (χ2v) is 3.63. The maximum absolute atomic E-state index is 13.5. The lowest BCUT2D eigenvalue weighted by molar-refractivity contribution is 0.273. The van der Waals surface area contributed by atoms with Crippen molar-refractivity contribution in [1.29, 1.82) is 0 Å². The van der Waals surface area contributed by atoms with E-state index in [0.29, 0.717) is 31.0 Å². The molecule has 1 fully saturated rings. The highest BCUT2D eigenvalue weighted by molar-refractivity contribution is 5.50. The molecule has 1 saturated heterocycles. The number of nitrogens with zero attached hydrogens (tertiary/aromatic N) is 2. The number of pyridine rings is 1. The van der Waals surface area contributed by atoms with E-state index in [4.69, 9.17) is 0 Å². The van der Waals surface area contributed by atoms with E-state index in [1.54, 1.807) is 11.9 Å². The Bertz CT molecular complexity index is 351. The van der Waals surface area contributed by atoms with Crippen LogP contribution in [-0.4, -0.2) is 31.3 Å². The summed E-state index contributed by atoms with van der Waals surface area (Å²) < 4.78 is 26.1. The molecule has 1 aliphatic heterocycles. The molecule has 82 valence electrons. The van der Waals surface area contributed by atoms with Crippen LogP contribution in [0.2, 0.25) is 0 Å². The molecule has 5 heteroatoms. The molecule has 0 atom stereocenters. The molecule has 3 nitrogen and oxygen atoms in total. The Morgan fingerprint density at radius 3 is 2.93 bits per heavy atom. The number of anilines is 1. The van der Waals surface area contributed by atoms with E-state index < -0.39 is 6.17 Å². The Kier molecular flexibility index (Phi) is 2.81. The fourth-order valence-corrected chi connectivity index (χ4v) is 1.67. The fourth-order valence-electron chi connectivity index (χ4n) is 1.67. The van der Waals surface area contributed by atoms with Gasteiger partial charge >= 0.3 is 0 Å². The van der Waals surface area contributed by atoms with Gasteiger partial charge in [-0.1, -0.05) is 0 Å². The molecule has 1 aromatic rings. The van der Waals surface area contributed by atoms with Crippen LogP contribution >= 0.6 is 0 Å². The van der Waals surface area contributed by atoms with Gasteiger partial charge in [-0.2, -0.15) is 0 Å². The fraction of sp³-hybridized carbons (Fsp3) is 0.500. The van der Waals surface area contributed by atoms with Gasteiger partial charge in [0.05, 0.1) is 13.1 Å². The smallest absolute Gasteiger partial charge is 0.136 e. The van der Waals surface area contributed by atoms with Gasteiger partial charge in [-0.25, -0.2) is 13.8 Å². The first kappa shape index (κ1) is 10.3. The minimum atomic E-state index is -0.808. The van der Waals surface area contributed by atoms with E-state index in [9.17, 15) is 8.78 Å². The van der Waals surface area contributed by atoms with Crippen LogP contribution in [0, 0.1) is 5.82 Å². The van der Waals surface area contributed by atoms with Crippen molar-refractivity contribution in [2.24, 2.45) is 0 Å². The number of hydrogen-bond donors (Lipinski definition) is 1. The van der Waals surface area contributed by atoms with Crippen molar-refractivity contribution >= 4 is 5.82 Å². The Labute approximate surface area is 87.1 Å². The normalized spacial score (nSPS) is 16.6. The van der Waals surface area contributed by atoms with Crippen LogP contribution in [0.3, 0.4) is 0 Å². The van der Waals surface area contributed by atoms with Crippen molar-refractivity contribution in [3.63, 3.8) is 0 Å². The van der Waals surface area contributed by atoms with Crippen molar-refractivity contribution < 1.29 is 8.78 Å². The predicted octanol–water partition coefficient (Wildman–Crippen LogP) is 1.10. The number of rotatable bonds is 3. The van der Waals surface area contributed by atoms with Crippen molar-refractivity contribution in [3.8, 4) is 0 Å². The maximum Gasteiger partial charge on any atom is 0.136 e. The minimum absolute atomic E-state index is 0.295. The first-order valence-corrected chi connectivity index (χ1v) is 4.89. The van der Waals surface area contributed by atoms with Gasteiger partial charge in [0.15, 0.2) is 0 Å². The Morgan fingerprint density at radius 2 is 2.33 bits per heavy atom. The molecule has 1 N–H and O–H groups in total. The summed E-state index contributed by atoms with van der Waals surface area (Å²) in [5.41, 5.74) is 0.506. The second kappa shape index (κ2) is 4.10. The third-order valence-electron chi connectivity index (χ3n) is 2.47. The number of halogens is 2. The van der Waals surface area contributed by atoms with E-state index in [0.717, 1.165) is 0 Å². The van der Waals surface area contributed by atoms with E-state index in [1.165, 1.54) is 12.3 Å². The first-order valence-electron chi connectivity index (χ1n) is 4.89. The van der Waals surface area contributed by atoms with Gasteiger partial charge in [0.1, 0.15) is 17.8 Å². The van der Waals surface area contributed by atoms with Crippen LogP contribution in [0.1, 0.15) is 5.56 Å². The van der Waals surface area contributed by atoms with Gasteiger partial charge in [0, 0.05) is 18.3 Å². The molecule has 0 aliphatic carbocycles. The van der Waals surface area contributed by atoms with Crippen LogP contribution < -0.4 is 10.2 Å². The highest BCUT2D eigenvalue weighted by Gasteiger charge is 2.29. The summed E-state index contributed by atoms with van der Waals surface area (Å²) in [7, 11) is 1.74.